The van der Waals surface area contributed by atoms with Gasteiger partial charge in [0.1, 0.15) is 0 Å². The zero-order valence-electron chi connectivity index (χ0n) is 15.4. The molecule has 1 aliphatic heterocycles. The number of nitrogens with one attached hydrogen (secondary N) is 1. The first-order valence-corrected chi connectivity index (χ1v) is 8.82. The van der Waals surface area contributed by atoms with E-state index in [0.717, 1.165) is 11.3 Å². The maximum Gasteiger partial charge on any atom is 0.257 e. The summed E-state index contributed by atoms with van der Waals surface area (Å²) in [6.45, 7) is 5.41. The maximum atomic E-state index is 12.7. The normalized spacial score (nSPS) is 14.0. The highest BCUT2D eigenvalue weighted by Crippen LogP contribution is 2.16. The summed E-state index contributed by atoms with van der Waals surface area (Å²) in [5.74, 6) is -0.484. The van der Waals surface area contributed by atoms with Gasteiger partial charge < -0.3 is 15.1 Å². The highest BCUT2D eigenvalue weighted by Gasteiger charge is 2.24. The van der Waals surface area contributed by atoms with Crippen LogP contribution in [0.15, 0.2) is 42.7 Å². The van der Waals surface area contributed by atoms with Crippen molar-refractivity contribution in [1.29, 1.82) is 0 Å². The third-order valence-electron chi connectivity index (χ3n) is 4.65. The van der Waals surface area contributed by atoms with Crippen LogP contribution in [0.25, 0.3) is 0 Å². The van der Waals surface area contributed by atoms with Crippen molar-refractivity contribution in [3.05, 3.63) is 59.4 Å². The first-order chi connectivity index (χ1) is 13.0. The molecule has 1 aliphatic rings. The van der Waals surface area contributed by atoms with Gasteiger partial charge in [0.05, 0.1) is 11.1 Å². The van der Waals surface area contributed by atoms with Crippen LogP contribution < -0.4 is 5.32 Å². The molecule has 0 saturated carbocycles. The molecule has 0 unspecified atom stereocenters. The fraction of sp³-hybridized carbons (Fsp3) is 0.300. The Balaban J connectivity index is 1.70. The fourth-order valence-corrected chi connectivity index (χ4v) is 3.00. The number of hydrogen-bond acceptors (Lipinski definition) is 4. The molecule has 1 fully saturated rings. The van der Waals surface area contributed by atoms with Gasteiger partial charge in [-0.25, -0.2) is 0 Å². The topological polar surface area (TPSA) is 82.6 Å². The summed E-state index contributed by atoms with van der Waals surface area (Å²) in [7, 11) is 0. The minimum atomic E-state index is -0.312. The summed E-state index contributed by atoms with van der Waals surface area (Å²) < 4.78 is 0. The number of rotatable bonds is 3. The van der Waals surface area contributed by atoms with E-state index < -0.39 is 0 Å². The van der Waals surface area contributed by atoms with Crippen molar-refractivity contribution in [1.82, 2.24) is 14.8 Å². The van der Waals surface area contributed by atoms with Gasteiger partial charge in [-0.15, -0.1) is 0 Å². The zero-order valence-corrected chi connectivity index (χ0v) is 15.4. The molecule has 0 bridgehead atoms. The predicted octanol–water partition coefficient (Wildman–Crippen LogP) is 1.95. The molecule has 1 aromatic carbocycles. The van der Waals surface area contributed by atoms with Crippen LogP contribution in [-0.4, -0.2) is 58.7 Å². The highest BCUT2D eigenvalue weighted by molar-refractivity contribution is 6.06. The number of anilines is 1. The monoisotopic (exact) mass is 366 g/mol. The second-order valence-corrected chi connectivity index (χ2v) is 6.53. The fourth-order valence-electron chi connectivity index (χ4n) is 3.00. The minimum absolute atomic E-state index is 0.0126. The van der Waals surface area contributed by atoms with E-state index in [1.54, 1.807) is 15.9 Å². The van der Waals surface area contributed by atoms with E-state index >= 15 is 0 Å². The van der Waals surface area contributed by atoms with Crippen LogP contribution in [0.4, 0.5) is 5.69 Å². The lowest BCUT2D eigenvalue weighted by molar-refractivity contribution is -0.130. The van der Waals surface area contributed by atoms with Gasteiger partial charge in [-0.1, -0.05) is 18.2 Å². The van der Waals surface area contributed by atoms with Crippen molar-refractivity contribution in [2.24, 2.45) is 0 Å². The van der Waals surface area contributed by atoms with Crippen molar-refractivity contribution in [3.8, 4) is 0 Å². The molecule has 0 atom stereocenters. The number of para-hydroxylation sites is 1. The lowest BCUT2D eigenvalue weighted by Crippen LogP contribution is -2.50. The third-order valence-corrected chi connectivity index (χ3v) is 4.65. The van der Waals surface area contributed by atoms with E-state index in [0.29, 0.717) is 37.3 Å². The van der Waals surface area contributed by atoms with E-state index in [1.807, 2.05) is 31.2 Å². The number of piperazine rings is 1. The molecule has 0 aliphatic carbocycles. The predicted molar refractivity (Wildman–Crippen MR) is 102 cm³/mol. The SMILES string of the molecule is CC(=O)N1CCN(C(=O)c2cncc(C(=O)Nc3ccccc3C)c2)CC1. The van der Waals surface area contributed by atoms with E-state index in [2.05, 4.69) is 10.3 Å². The summed E-state index contributed by atoms with van der Waals surface area (Å²) in [4.78, 5) is 44.1. The number of amides is 3. The average molecular weight is 366 g/mol. The molecule has 140 valence electrons. The van der Waals surface area contributed by atoms with E-state index in [1.165, 1.54) is 19.3 Å². The number of carbonyl (C=O) groups is 3. The van der Waals surface area contributed by atoms with Gasteiger partial charge in [-0.3, -0.25) is 19.4 Å². The van der Waals surface area contributed by atoms with Crippen molar-refractivity contribution < 1.29 is 14.4 Å². The zero-order chi connectivity index (χ0) is 19.4. The molecule has 2 heterocycles. The Labute approximate surface area is 158 Å². The first-order valence-electron chi connectivity index (χ1n) is 8.82. The smallest absolute Gasteiger partial charge is 0.257 e. The van der Waals surface area contributed by atoms with Gasteiger partial charge >= 0.3 is 0 Å². The molecule has 3 rings (SSSR count). The molecule has 0 spiro atoms. The Morgan fingerprint density at radius 2 is 1.59 bits per heavy atom. The Morgan fingerprint density at radius 1 is 0.963 bits per heavy atom. The quantitative estimate of drug-likeness (QED) is 0.900. The molecule has 7 nitrogen and oxygen atoms in total. The number of nitrogens with zero attached hydrogens (tertiary/aromatic N) is 3. The van der Waals surface area contributed by atoms with Gasteiger partial charge in [0.2, 0.25) is 5.91 Å². The number of benzene rings is 1. The standard InChI is InChI=1S/C20H22N4O3/c1-14-5-3-4-6-18(14)22-19(26)16-11-17(13-21-12-16)20(27)24-9-7-23(8-10-24)15(2)25/h3-6,11-13H,7-10H2,1-2H3,(H,22,26). The van der Waals surface area contributed by atoms with Gasteiger partial charge in [-0.2, -0.15) is 0 Å². The number of pyridine rings is 1. The lowest BCUT2D eigenvalue weighted by Gasteiger charge is -2.34. The third kappa shape index (κ3) is 4.31. The van der Waals surface area contributed by atoms with Gasteiger partial charge in [-0.05, 0) is 24.6 Å². The Bertz CT molecular complexity index is 873. The lowest BCUT2D eigenvalue weighted by atomic mass is 10.1. The van der Waals surface area contributed by atoms with E-state index in [-0.39, 0.29) is 17.7 Å². The van der Waals surface area contributed by atoms with Gasteiger partial charge in [0.25, 0.3) is 11.8 Å². The number of aromatic nitrogens is 1. The summed E-state index contributed by atoms with van der Waals surface area (Å²) in [5, 5.41) is 2.84. The van der Waals surface area contributed by atoms with Gasteiger partial charge in [0.15, 0.2) is 0 Å². The summed E-state index contributed by atoms with van der Waals surface area (Å²) in [6.07, 6.45) is 2.91. The minimum Gasteiger partial charge on any atom is -0.339 e. The summed E-state index contributed by atoms with van der Waals surface area (Å²) in [6, 6.07) is 9.04. The number of carbonyl (C=O) groups excluding carboxylic acids is 3. The Hall–Kier alpha value is -3.22. The van der Waals surface area contributed by atoms with E-state index in [9.17, 15) is 14.4 Å². The molecular formula is C20H22N4O3. The molecule has 1 aromatic heterocycles. The van der Waals surface area contributed by atoms with Crippen LogP contribution in [0.3, 0.4) is 0 Å². The van der Waals surface area contributed by atoms with Crippen LogP contribution in [-0.2, 0) is 4.79 Å². The Morgan fingerprint density at radius 3 is 2.26 bits per heavy atom. The van der Waals surface area contributed by atoms with Crippen LogP contribution in [0.2, 0.25) is 0 Å². The summed E-state index contributed by atoms with van der Waals surface area (Å²) in [5.41, 5.74) is 2.36. The molecule has 3 amide bonds. The largest absolute Gasteiger partial charge is 0.339 e. The molecule has 7 heteroatoms. The van der Waals surface area contributed by atoms with Gasteiger partial charge in [0, 0.05) is 51.2 Å². The maximum absolute atomic E-state index is 12.7. The van der Waals surface area contributed by atoms with Crippen LogP contribution in [0.5, 0.6) is 0 Å². The van der Waals surface area contributed by atoms with Crippen LogP contribution in [0, 0.1) is 6.92 Å². The van der Waals surface area contributed by atoms with Crippen molar-refractivity contribution in [2.45, 2.75) is 13.8 Å². The second-order valence-electron chi connectivity index (χ2n) is 6.53. The molecule has 2 aromatic rings. The number of hydrogen-bond donors (Lipinski definition) is 1. The second kappa shape index (κ2) is 7.99. The van der Waals surface area contributed by atoms with Crippen molar-refractivity contribution in [3.63, 3.8) is 0 Å². The average Bonchev–Trinajstić information content (AvgIpc) is 2.69. The highest BCUT2D eigenvalue weighted by atomic mass is 16.2. The van der Waals surface area contributed by atoms with Crippen molar-refractivity contribution in [2.75, 3.05) is 31.5 Å². The van der Waals surface area contributed by atoms with Crippen LogP contribution in [0.1, 0.15) is 33.2 Å². The van der Waals surface area contributed by atoms with Crippen molar-refractivity contribution >= 4 is 23.4 Å². The molecule has 27 heavy (non-hydrogen) atoms. The molecule has 0 radical (unpaired) electrons. The molecule has 1 saturated heterocycles. The van der Waals surface area contributed by atoms with E-state index in [4.69, 9.17) is 0 Å². The molecular weight excluding hydrogens is 344 g/mol. The first kappa shape index (κ1) is 18.6. The number of aryl methyl sites for hydroxylation is 1. The molecule has 1 N–H and O–H groups in total. The summed E-state index contributed by atoms with van der Waals surface area (Å²) >= 11 is 0. The Kier molecular flexibility index (Phi) is 5.49. The van der Waals surface area contributed by atoms with Crippen LogP contribution >= 0.6 is 0 Å².